The molecule has 1 saturated carbocycles. The molecule has 0 aromatic heterocycles. The monoisotopic (exact) mass is 253 g/mol. The molecule has 1 N–H and O–H groups in total. The van der Waals surface area contributed by atoms with Gasteiger partial charge in [0.1, 0.15) is 11.6 Å². The summed E-state index contributed by atoms with van der Waals surface area (Å²) in [6.07, 6.45) is 4.51. The molecule has 18 heavy (non-hydrogen) atoms. The summed E-state index contributed by atoms with van der Waals surface area (Å²) in [6.45, 7) is 5.95. The Labute approximate surface area is 108 Å². The van der Waals surface area contributed by atoms with Gasteiger partial charge in [0.25, 0.3) is 0 Å². The molecule has 1 aliphatic rings. The quantitative estimate of drug-likeness (QED) is 0.808. The van der Waals surface area contributed by atoms with Gasteiger partial charge in [-0.05, 0) is 36.8 Å². The number of halogens is 2. The molecule has 1 unspecified atom stereocenters. The predicted octanol–water partition coefficient (Wildman–Crippen LogP) is 4.65. The average molecular weight is 253 g/mol. The van der Waals surface area contributed by atoms with E-state index in [1.807, 2.05) is 0 Å². The summed E-state index contributed by atoms with van der Waals surface area (Å²) in [4.78, 5) is 0. The summed E-state index contributed by atoms with van der Waals surface area (Å²) in [6, 6.07) is 2.74. The molecule has 1 aliphatic carbocycles. The van der Waals surface area contributed by atoms with Crippen LogP contribution in [0.2, 0.25) is 0 Å². The van der Waals surface area contributed by atoms with Crippen LogP contribution in [0, 0.1) is 24.0 Å². The minimum absolute atomic E-state index is 0.131. The van der Waals surface area contributed by atoms with Crippen molar-refractivity contribution in [2.75, 3.05) is 5.32 Å². The average Bonchev–Trinajstić information content (AvgIpc) is 2.28. The molecule has 0 radical (unpaired) electrons. The van der Waals surface area contributed by atoms with E-state index in [-0.39, 0.29) is 28.8 Å². The van der Waals surface area contributed by atoms with E-state index in [2.05, 4.69) is 19.2 Å². The first-order valence-electron chi connectivity index (χ1n) is 6.62. The molecule has 2 rings (SSSR count). The lowest BCUT2D eigenvalue weighted by atomic mass is 9.73. The highest BCUT2D eigenvalue weighted by Gasteiger charge is 2.32. The predicted molar refractivity (Wildman–Crippen MR) is 70.8 cm³/mol. The zero-order valence-electron chi connectivity index (χ0n) is 11.3. The maximum absolute atomic E-state index is 13.8. The first kappa shape index (κ1) is 13.3. The Balaban J connectivity index is 2.20. The molecular weight excluding hydrogens is 232 g/mol. The van der Waals surface area contributed by atoms with Crippen molar-refractivity contribution in [1.82, 2.24) is 0 Å². The number of aryl methyl sites for hydroxylation is 1. The van der Waals surface area contributed by atoms with Gasteiger partial charge in [-0.3, -0.25) is 0 Å². The number of nitrogens with one attached hydrogen (secondary N) is 1. The molecule has 1 atom stereocenters. The lowest BCUT2D eigenvalue weighted by Gasteiger charge is -2.39. The first-order valence-corrected chi connectivity index (χ1v) is 6.62. The van der Waals surface area contributed by atoms with E-state index >= 15 is 0 Å². The zero-order valence-corrected chi connectivity index (χ0v) is 11.3. The second-order valence-corrected chi connectivity index (χ2v) is 6.01. The molecule has 1 aromatic rings. The van der Waals surface area contributed by atoms with E-state index in [1.54, 1.807) is 6.92 Å². The zero-order chi connectivity index (χ0) is 13.3. The van der Waals surface area contributed by atoms with Crippen LogP contribution in [0.15, 0.2) is 12.1 Å². The van der Waals surface area contributed by atoms with Gasteiger partial charge in [0, 0.05) is 12.1 Å². The van der Waals surface area contributed by atoms with Gasteiger partial charge >= 0.3 is 0 Å². The summed E-state index contributed by atoms with van der Waals surface area (Å²) >= 11 is 0. The first-order chi connectivity index (χ1) is 8.40. The fraction of sp³-hybridized carbons (Fsp3) is 0.600. The van der Waals surface area contributed by atoms with Gasteiger partial charge in [0.05, 0.1) is 5.69 Å². The van der Waals surface area contributed by atoms with Crippen LogP contribution in [0.3, 0.4) is 0 Å². The fourth-order valence-corrected chi connectivity index (χ4v) is 2.71. The van der Waals surface area contributed by atoms with Gasteiger partial charge in [-0.1, -0.05) is 26.7 Å². The van der Waals surface area contributed by atoms with Crippen molar-refractivity contribution < 1.29 is 8.78 Å². The van der Waals surface area contributed by atoms with Crippen LogP contribution in [0.4, 0.5) is 14.5 Å². The Hall–Kier alpha value is -1.12. The van der Waals surface area contributed by atoms with Crippen LogP contribution < -0.4 is 5.32 Å². The van der Waals surface area contributed by atoms with Gasteiger partial charge in [0.2, 0.25) is 0 Å². The van der Waals surface area contributed by atoms with Gasteiger partial charge in [0.15, 0.2) is 0 Å². The van der Waals surface area contributed by atoms with Crippen molar-refractivity contribution in [3.63, 3.8) is 0 Å². The highest BCUT2D eigenvalue weighted by molar-refractivity contribution is 5.48. The molecule has 1 nitrogen and oxygen atoms in total. The van der Waals surface area contributed by atoms with Gasteiger partial charge in [-0.25, -0.2) is 8.78 Å². The lowest BCUT2D eigenvalue weighted by Crippen LogP contribution is -2.39. The van der Waals surface area contributed by atoms with E-state index in [4.69, 9.17) is 0 Å². The molecule has 0 aliphatic heterocycles. The van der Waals surface area contributed by atoms with Crippen LogP contribution in [-0.4, -0.2) is 6.04 Å². The van der Waals surface area contributed by atoms with Crippen LogP contribution >= 0.6 is 0 Å². The summed E-state index contributed by atoms with van der Waals surface area (Å²) in [7, 11) is 0. The minimum atomic E-state index is -0.365. The second-order valence-electron chi connectivity index (χ2n) is 6.01. The number of hydrogen-bond donors (Lipinski definition) is 1. The molecule has 0 heterocycles. The maximum Gasteiger partial charge on any atom is 0.146 e. The van der Waals surface area contributed by atoms with Crippen molar-refractivity contribution >= 4 is 5.69 Å². The van der Waals surface area contributed by atoms with E-state index < -0.39 is 0 Å². The van der Waals surface area contributed by atoms with Crippen molar-refractivity contribution in [3.05, 3.63) is 29.3 Å². The Morgan fingerprint density at radius 3 is 2.56 bits per heavy atom. The Morgan fingerprint density at radius 2 is 1.89 bits per heavy atom. The second kappa shape index (κ2) is 4.87. The van der Waals surface area contributed by atoms with Crippen LogP contribution in [0.1, 0.15) is 45.1 Å². The highest BCUT2D eigenvalue weighted by atomic mass is 19.1. The van der Waals surface area contributed by atoms with E-state index in [1.165, 1.54) is 18.6 Å². The molecule has 0 saturated heterocycles. The molecule has 100 valence electrons. The standard InChI is InChI=1S/C15H21F2N/c1-10-8-12(17)13(9-11(10)16)18-14-6-4-5-7-15(14,2)3/h8-9,14,18H,4-7H2,1-3H3. The number of anilines is 1. The minimum Gasteiger partial charge on any atom is -0.379 e. The summed E-state index contributed by atoms with van der Waals surface area (Å²) in [5, 5.41) is 3.19. The van der Waals surface area contributed by atoms with Crippen LogP contribution in [0.25, 0.3) is 0 Å². The number of rotatable bonds is 2. The normalized spacial score (nSPS) is 22.8. The van der Waals surface area contributed by atoms with Crippen LogP contribution in [-0.2, 0) is 0 Å². The SMILES string of the molecule is Cc1cc(F)c(NC2CCCCC2(C)C)cc1F. The summed E-state index contributed by atoms with van der Waals surface area (Å²) in [5.41, 5.74) is 0.769. The molecule has 0 amide bonds. The topological polar surface area (TPSA) is 12.0 Å². The largest absolute Gasteiger partial charge is 0.379 e. The Morgan fingerprint density at radius 1 is 1.17 bits per heavy atom. The van der Waals surface area contributed by atoms with E-state index in [9.17, 15) is 8.78 Å². The number of hydrogen-bond acceptors (Lipinski definition) is 1. The smallest absolute Gasteiger partial charge is 0.146 e. The van der Waals surface area contributed by atoms with Crippen molar-refractivity contribution in [2.45, 2.75) is 52.5 Å². The summed E-state index contributed by atoms with van der Waals surface area (Å²) in [5.74, 6) is -0.720. The van der Waals surface area contributed by atoms with Crippen LogP contribution in [0.5, 0.6) is 0 Å². The molecule has 1 aromatic carbocycles. The molecule has 1 fully saturated rings. The van der Waals surface area contributed by atoms with Gasteiger partial charge in [-0.15, -0.1) is 0 Å². The molecule has 0 bridgehead atoms. The molecule has 3 heteroatoms. The van der Waals surface area contributed by atoms with E-state index in [0.29, 0.717) is 5.56 Å². The molecular formula is C15H21F2N. The van der Waals surface area contributed by atoms with Crippen molar-refractivity contribution in [2.24, 2.45) is 5.41 Å². The Bertz CT molecular complexity index is 440. The van der Waals surface area contributed by atoms with Crippen molar-refractivity contribution in [3.8, 4) is 0 Å². The maximum atomic E-state index is 13.8. The fourth-order valence-electron chi connectivity index (χ4n) is 2.71. The summed E-state index contributed by atoms with van der Waals surface area (Å²) < 4.78 is 27.3. The lowest BCUT2D eigenvalue weighted by molar-refractivity contribution is 0.216. The molecule has 0 spiro atoms. The van der Waals surface area contributed by atoms with Gasteiger partial charge < -0.3 is 5.32 Å². The van der Waals surface area contributed by atoms with Gasteiger partial charge in [-0.2, -0.15) is 0 Å². The van der Waals surface area contributed by atoms with Crippen molar-refractivity contribution in [1.29, 1.82) is 0 Å². The highest BCUT2D eigenvalue weighted by Crippen LogP contribution is 2.37. The van der Waals surface area contributed by atoms with E-state index in [0.717, 1.165) is 19.3 Å². The third-order valence-electron chi connectivity index (χ3n) is 4.09. The third kappa shape index (κ3) is 2.65. The Kier molecular flexibility index (Phi) is 3.60. The third-order valence-corrected chi connectivity index (χ3v) is 4.09. The number of benzene rings is 1.